The number of esters is 1. The normalized spacial score (nSPS) is 12.4. The Labute approximate surface area is 63.8 Å². The van der Waals surface area contributed by atoms with Crippen molar-refractivity contribution in [2.75, 3.05) is 13.3 Å². The quantitative estimate of drug-likeness (QED) is 0.469. The number of hydrogen-bond acceptors (Lipinski definition) is 2. The molecular formula is C7H10F2O2. The molecule has 0 aromatic heterocycles. The van der Waals surface area contributed by atoms with Gasteiger partial charge in [-0.25, -0.2) is 9.18 Å². The van der Waals surface area contributed by atoms with Gasteiger partial charge in [0.2, 0.25) is 5.83 Å². The zero-order valence-electron chi connectivity index (χ0n) is 6.49. The van der Waals surface area contributed by atoms with Crippen LogP contribution in [0.1, 0.15) is 13.8 Å². The molecule has 0 N–H and O–H groups in total. The summed E-state index contributed by atoms with van der Waals surface area (Å²) in [4.78, 5) is 10.5. The molecule has 0 heterocycles. The number of hydrogen-bond donors (Lipinski definition) is 0. The van der Waals surface area contributed by atoms with Crippen molar-refractivity contribution in [3.8, 4) is 0 Å². The molecular weight excluding hydrogens is 154 g/mol. The molecule has 2 nitrogen and oxygen atoms in total. The maximum absolute atomic E-state index is 12.5. The second kappa shape index (κ2) is 4.82. The molecule has 0 saturated carbocycles. The van der Waals surface area contributed by atoms with Crippen LogP contribution in [0.3, 0.4) is 0 Å². The first-order chi connectivity index (χ1) is 5.13. The van der Waals surface area contributed by atoms with Gasteiger partial charge in [0.15, 0.2) is 0 Å². The number of carbonyl (C=O) groups excluding carboxylic acids is 1. The Morgan fingerprint density at radius 1 is 1.55 bits per heavy atom. The van der Waals surface area contributed by atoms with Gasteiger partial charge < -0.3 is 4.74 Å². The summed E-state index contributed by atoms with van der Waals surface area (Å²) >= 11 is 0. The lowest BCUT2D eigenvalue weighted by Crippen LogP contribution is -2.06. The molecule has 0 spiro atoms. The van der Waals surface area contributed by atoms with Gasteiger partial charge >= 0.3 is 5.97 Å². The Hall–Kier alpha value is -0.930. The van der Waals surface area contributed by atoms with Crippen LogP contribution in [-0.2, 0) is 9.53 Å². The van der Waals surface area contributed by atoms with E-state index in [0.29, 0.717) is 0 Å². The molecule has 0 atom stereocenters. The van der Waals surface area contributed by atoms with E-state index in [1.165, 1.54) is 6.92 Å². The Morgan fingerprint density at radius 2 is 2.09 bits per heavy atom. The molecule has 0 unspecified atom stereocenters. The van der Waals surface area contributed by atoms with E-state index < -0.39 is 18.5 Å². The number of halogens is 2. The second-order valence-electron chi connectivity index (χ2n) is 1.95. The highest BCUT2D eigenvalue weighted by atomic mass is 19.1. The van der Waals surface area contributed by atoms with Crippen molar-refractivity contribution in [3.05, 3.63) is 11.4 Å². The Balaban J connectivity index is 4.22. The maximum atomic E-state index is 12.5. The molecule has 0 rings (SSSR count). The second-order valence-corrected chi connectivity index (χ2v) is 1.95. The summed E-state index contributed by atoms with van der Waals surface area (Å²) in [5.41, 5.74) is -0.233. The van der Waals surface area contributed by atoms with E-state index in [2.05, 4.69) is 4.74 Å². The summed E-state index contributed by atoms with van der Waals surface area (Å²) in [5, 5.41) is 0. The van der Waals surface area contributed by atoms with Crippen LogP contribution in [0.5, 0.6) is 0 Å². The molecule has 0 saturated heterocycles. The number of rotatable bonds is 3. The fourth-order valence-electron chi connectivity index (χ4n) is 0.427. The zero-order chi connectivity index (χ0) is 8.85. The lowest BCUT2D eigenvalue weighted by atomic mass is 10.3. The average Bonchev–Trinajstić information content (AvgIpc) is 2.02. The summed E-state index contributed by atoms with van der Waals surface area (Å²) in [6.45, 7) is 1.87. The molecule has 0 aliphatic heterocycles. The Bertz CT molecular complexity index is 175. The van der Waals surface area contributed by atoms with E-state index >= 15 is 0 Å². The fraction of sp³-hybridized carbons (Fsp3) is 0.571. The number of ether oxygens (including phenoxy) is 1. The maximum Gasteiger partial charge on any atom is 0.367 e. The van der Waals surface area contributed by atoms with E-state index in [-0.39, 0.29) is 12.2 Å². The monoisotopic (exact) mass is 164 g/mol. The van der Waals surface area contributed by atoms with Gasteiger partial charge in [0.1, 0.15) is 6.67 Å². The standard InChI is InChI=1S/C7H10F2O2/c1-3-11-7(10)6(9)5(2)4-8/h3-4H2,1-2H3. The predicted octanol–water partition coefficient (Wildman–Crippen LogP) is 1.76. The minimum atomic E-state index is -1.13. The average molecular weight is 164 g/mol. The Kier molecular flexibility index (Phi) is 4.41. The van der Waals surface area contributed by atoms with Crippen molar-refractivity contribution in [1.82, 2.24) is 0 Å². The zero-order valence-corrected chi connectivity index (χ0v) is 6.49. The molecule has 0 fully saturated rings. The van der Waals surface area contributed by atoms with E-state index in [4.69, 9.17) is 0 Å². The van der Waals surface area contributed by atoms with Crippen molar-refractivity contribution in [3.63, 3.8) is 0 Å². The lowest BCUT2D eigenvalue weighted by molar-refractivity contribution is -0.140. The summed E-state index contributed by atoms with van der Waals surface area (Å²) < 4.78 is 28.6. The first kappa shape index (κ1) is 10.1. The van der Waals surface area contributed by atoms with Crippen LogP contribution in [0.4, 0.5) is 8.78 Å². The first-order valence-electron chi connectivity index (χ1n) is 3.21. The van der Waals surface area contributed by atoms with Crippen molar-refractivity contribution in [2.24, 2.45) is 0 Å². The van der Waals surface area contributed by atoms with Crippen LogP contribution in [0, 0.1) is 0 Å². The molecule has 0 amide bonds. The van der Waals surface area contributed by atoms with Gasteiger partial charge in [0, 0.05) is 5.57 Å². The summed E-state index contributed by atoms with van der Waals surface area (Å²) in [6.07, 6.45) is 0. The van der Waals surface area contributed by atoms with Gasteiger partial charge in [-0.05, 0) is 13.8 Å². The minimum Gasteiger partial charge on any atom is -0.461 e. The van der Waals surface area contributed by atoms with Gasteiger partial charge in [-0.1, -0.05) is 0 Å². The van der Waals surface area contributed by atoms with Gasteiger partial charge in [0.25, 0.3) is 0 Å². The van der Waals surface area contributed by atoms with Crippen LogP contribution in [0.25, 0.3) is 0 Å². The highest BCUT2D eigenvalue weighted by Gasteiger charge is 2.12. The molecule has 64 valence electrons. The summed E-state index contributed by atoms with van der Waals surface area (Å²) in [5.74, 6) is -2.23. The third kappa shape index (κ3) is 3.11. The van der Waals surface area contributed by atoms with Crippen molar-refractivity contribution in [2.45, 2.75) is 13.8 Å². The molecule has 0 aliphatic rings. The highest BCUT2D eigenvalue weighted by Crippen LogP contribution is 2.07. The predicted molar refractivity (Wildman–Crippen MR) is 36.4 cm³/mol. The van der Waals surface area contributed by atoms with Crippen LogP contribution in [0.15, 0.2) is 11.4 Å². The summed E-state index contributed by atoms with van der Waals surface area (Å²) in [6, 6.07) is 0. The third-order valence-corrected chi connectivity index (χ3v) is 1.03. The number of carbonyl (C=O) groups is 1. The van der Waals surface area contributed by atoms with Crippen molar-refractivity contribution < 1.29 is 18.3 Å². The molecule has 0 aromatic rings. The van der Waals surface area contributed by atoms with Crippen LogP contribution in [0.2, 0.25) is 0 Å². The van der Waals surface area contributed by atoms with E-state index in [1.54, 1.807) is 6.92 Å². The van der Waals surface area contributed by atoms with Crippen LogP contribution in [-0.4, -0.2) is 19.3 Å². The number of allylic oxidation sites excluding steroid dienone is 1. The highest BCUT2D eigenvalue weighted by molar-refractivity contribution is 5.86. The smallest absolute Gasteiger partial charge is 0.367 e. The van der Waals surface area contributed by atoms with Gasteiger partial charge in [-0.2, -0.15) is 4.39 Å². The van der Waals surface area contributed by atoms with E-state index in [1.807, 2.05) is 0 Å². The lowest BCUT2D eigenvalue weighted by Gasteiger charge is -1.99. The topological polar surface area (TPSA) is 26.3 Å². The Morgan fingerprint density at radius 3 is 2.45 bits per heavy atom. The summed E-state index contributed by atoms with van der Waals surface area (Å²) in [7, 11) is 0. The number of alkyl halides is 1. The van der Waals surface area contributed by atoms with Gasteiger partial charge in [0.05, 0.1) is 6.61 Å². The van der Waals surface area contributed by atoms with Crippen molar-refractivity contribution >= 4 is 5.97 Å². The molecule has 0 bridgehead atoms. The molecule has 0 aromatic carbocycles. The molecule has 11 heavy (non-hydrogen) atoms. The first-order valence-corrected chi connectivity index (χ1v) is 3.21. The van der Waals surface area contributed by atoms with Crippen LogP contribution >= 0.6 is 0 Å². The van der Waals surface area contributed by atoms with Crippen molar-refractivity contribution in [1.29, 1.82) is 0 Å². The third-order valence-electron chi connectivity index (χ3n) is 1.03. The van der Waals surface area contributed by atoms with Gasteiger partial charge in [-0.3, -0.25) is 0 Å². The van der Waals surface area contributed by atoms with E-state index in [9.17, 15) is 13.6 Å². The van der Waals surface area contributed by atoms with E-state index in [0.717, 1.165) is 0 Å². The molecule has 0 aliphatic carbocycles. The molecule has 0 radical (unpaired) electrons. The molecule has 4 heteroatoms. The van der Waals surface area contributed by atoms with Gasteiger partial charge in [-0.15, -0.1) is 0 Å². The fourth-order valence-corrected chi connectivity index (χ4v) is 0.427. The largest absolute Gasteiger partial charge is 0.461 e. The SMILES string of the molecule is CCOC(=O)C(F)=C(C)CF. The van der Waals surface area contributed by atoms with Crippen LogP contribution < -0.4 is 0 Å². The minimum absolute atomic E-state index is 0.0891.